The highest BCUT2D eigenvalue weighted by Crippen LogP contribution is 2.40. The van der Waals surface area contributed by atoms with E-state index in [0.29, 0.717) is 38.0 Å². The Balaban J connectivity index is 1.44. The van der Waals surface area contributed by atoms with Crippen LogP contribution in [0.4, 0.5) is 29.0 Å². The van der Waals surface area contributed by atoms with Gasteiger partial charge in [-0.3, -0.25) is 14.8 Å². The summed E-state index contributed by atoms with van der Waals surface area (Å²) in [6.45, 7) is 5.74. The van der Waals surface area contributed by atoms with E-state index < -0.39 is 16.5 Å². The molecule has 2 aromatic heterocycles. The zero-order valence-corrected chi connectivity index (χ0v) is 20.5. The zero-order valence-electron chi connectivity index (χ0n) is 20.5. The van der Waals surface area contributed by atoms with E-state index >= 15 is 0 Å². The van der Waals surface area contributed by atoms with Crippen LogP contribution in [0.1, 0.15) is 40.5 Å². The van der Waals surface area contributed by atoms with E-state index in [1.807, 2.05) is 37.3 Å². The van der Waals surface area contributed by atoms with Gasteiger partial charge in [0.05, 0.1) is 23.8 Å². The predicted octanol–water partition coefficient (Wildman–Crippen LogP) is 2.73. The number of H-pyrrole nitrogens is 1. The lowest BCUT2D eigenvalue weighted by molar-refractivity contribution is -0.729. The number of aryl methyl sites for hydroxylation is 1. The van der Waals surface area contributed by atoms with Crippen molar-refractivity contribution < 1.29 is 19.7 Å². The standard InChI is InChI=1S/C24H29N9O4/c1-15-4-2-3-5-17(15)26-24-28-20(23(34)25-8-9-32-10-12-37-13-11-32)21(33(35)36)22(29-24)27-19-14-18(30-31-19)16-6-7-16/h2-5,14,16H,6-13H2,1H3,(H4-,25,26,27,28,29,30,31,34,35,36)/p+1. The lowest BCUT2D eigenvalue weighted by Gasteiger charge is -2.26. The number of aromatic amines is 1. The molecule has 37 heavy (non-hydrogen) atoms. The van der Waals surface area contributed by atoms with Gasteiger partial charge in [0.25, 0.3) is 10.8 Å². The SMILES string of the molecule is Cc1ccccc1Nc1nc(Nc2cc(C3CC3)n[nH]2)c([N+](=O)O)c(C(=O)NCCN2CCOCC2)n1. The second-order valence-corrected chi connectivity index (χ2v) is 9.12. The molecule has 5 N–H and O–H groups in total. The molecular formula is C24H30N9O4+. The first-order chi connectivity index (χ1) is 18.0. The quantitative estimate of drug-likeness (QED) is 0.258. The second-order valence-electron chi connectivity index (χ2n) is 9.12. The average Bonchev–Trinajstić information content (AvgIpc) is 3.64. The third-order valence-corrected chi connectivity index (χ3v) is 6.35. The summed E-state index contributed by atoms with van der Waals surface area (Å²) in [7, 11) is 0. The number of anilines is 4. The number of para-hydroxylation sites is 1. The largest absolute Gasteiger partial charge is 0.389 e. The predicted molar refractivity (Wildman–Crippen MR) is 135 cm³/mol. The topological polar surface area (TPSA) is 160 Å². The highest BCUT2D eigenvalue weighted by molar-refractivity contribution is 5.98. The zero-order chi connectivity index (χ0) is 25.8. The van der Waals surface area contributed by atoms with E-state index in [4.69, 9.17) is 4.74 Å². The van der Waals surface area contributed by atoms with Gasteiger partial charge in [0.2, 0.25) is 17.5 Å². The summed E-state index contributed by atoms with van der Waals surface area (Å²) < 4.78 is 5.35. The smallest absolute Gasteiger partial charge is 0.379 e. The molecule has 3 heterocycles. The van der Waals surface area contributed by atoms with Crippen molar-refractivity contribution in [2.75, 3.05) is 50.0 Å². The normalized spacial score (nSPS) is 15.8. The molecule has 5 rings (SSSR count). The summed E-state index contributed by atoms with van der Waals surface area (Å²) in [4.78, 5) is 35.9. The average molecular weight is 509 g/mol. The third kappa shape index (κ3) is 6.01. The lowest BCUT2D eigenvalue weighted by atomic mass is 10.2. The van der Waals surface area contributed by atoms with Gasteiger partial charge in [-0.05, 0) is 31.4 Å². The summed E-state index contributed by atoms with van der Waals surface area (Å²) in [5.74, 6) is 0.316. The van der Waals surface area contributed by atoms with Crippen LogP contribution in [0.3, 0.4) is 0 Å². The van der Waals surface area contributed by atoms with E-state index in [0.717, 1.165) is 42.9 Å². The van der Waals surface area contributed by atoms with Gasteiger partial charge in [-0.1, -0.05) is 18.2 Å². The molecule has 1 amide bonds. The number of ether oxygens (including phenoxy) is 1. The summed E-state index contributed by atoms with van der Waals surface area (Å²) in [5, 5.41) is 26.1. The molecule has 0 spiro atoms. The molecule has 13 nitrogen and oxygen atoms in total. The maximum absolute atomic E-state index is 13.2. The van der Waals surface area contributed by atoms with Gasteiger partial charge in [-0.2, -0.15) is 15.1 Å². The Morgan fingerprint density at radius 2 is 2.00 bits per heavy atom. The van der Waals surface area contributed by atoms with Crippen molar-refractivity contribution in [1.82, 2.24) is 30.4 Å². The molecule has 1 aromatic carbocycles. The number of nitrogens with zero attached hydrogens (tertiary/aromatic N) is 5. The molecule has 3 aromatic rings. The number of carbonyl (C=O) groups is 1. The molecule has 2 fully saturated rings. The molecule has 0 radical (unpaired) electrons. The van der Waals surface area contributed by atoms with Gasteiger partial charge in [0, 0.05) is 43.9 Å². The number of hydrogen-bond acceptors (Lipinski definition) is 9. The van der Waals surface area contributed by atoms with Gasteiger partial charge in [0.15, 0.2) is 0 Å². The van der Waals surface area contributed by atoms with E-state index in [2.05, 4.69) is 41.0 Å². The fourth-order valence-electron chi connectivity index (χ4n) is 4.12. The van der Waals surface area contributed by atoms with Gasteiger partial charge in [0.1, 0.15) is 5.82 Å². The van der Waals surface area contributed by atoms with Crippen molar-refractivity contribution in [3.63, 3.8) is 0 Å². The van der Waals surface area contributed by atoms with Crippen molar-refractivity contribution in [1.29, 1.82) is 0 Å². The van der Waals surface area contributed by atoms with Crippen LogP contribution in [-0.2, 0) is 4.74 Å². The fourth-order valence-corrected chi connectivity index (χ4v) is 4.12. The van der Waals surface area contributed by atoms with E-state index in [1.54, 1.807) is 0 Å². The monoisotopic (exact) mass is 508 g/mol. The Kier molecular flexibility index (Phi) is 7.23. The molecule has 194 valence electrons. The molecule has 0 atom stereocenters. The van der Waals surface area contributed by atoms with Gasteiger partial charge in [-0.15, -0.1) is 0 Å². The Bertz CT molecular complexity index is 1280. The number of amides is 1. The van der Waals surface area contributed by atoms with Crippen molar-refractivity contribution in [3.05, 3.63) is 52.2 Å². The maximum atomic E-state index is 13.2. The Hall–Kier alpha value is -4.10. The molecule has 0 bridgehead atoms. The molecule has 13 heteroatoms. The van der Waals surface area contributed by atoms with E-state index in [-0.39, 0.29) is 17.5 Å². The first-order valence-corrected chi connectivity index (χ1v) is 12.3. The number of aromatic nitrogens is 4. The van der Waals surface area contributed by atoms with Crippen LogP contribution in [0, 0.1) is 11.8 Å². The Morgan fingerprint density at radius 3 is 2.73 bits per heavy atom. The highest BCUT2D eigenvalue weighted by atomic mass is 16.6. The van der Waals surface area contributed by atoms with Crippen LogP contribution in [0.25, 0.3) is 0 Å². The minimum absolute atomic E-state index is 0.0482. The number of carbonyl (C=O) groups excluding carboxylic acids is 1. The first-order valence-electron chi connectivity index (χ1n) is 12.3. The third-order valence-electron chi connectivity index (χ3n) is 6.35. The van der Waals surface area contributed by atoms with Crippen molar-refractivity contribution in [2.45, 2.75) is 25.7 Å². The minimum Gasteiger partial charge on any atom is -0.379 e. The number of hydrogen-bond donors (Lipinski definition) is 5. The van der Waals surface area contributed by atoms with E-state index in [1.165, 1.54) is 0 Å². The summed E-state index contributed by atoms with van der Waals surface area (Å²) in [6, 6.07) is 9.37. The van der Waals surface area contributed by atoms with Crippen molar-refractivity contribution in [3.8, 4) is 0 Å². The number of morpholine rings is 1. The number of benzene rings is 1. The van der Waals surface area contributed by atoms with E-state index in [9.17, 15) is 14.9 Å². The second kappa shape index (κ2) is 10.9. The lowest BCUT2D eigenvalue weighted by Crippen LogP contribution is -2.41. The Morgan fingerprint density at radius 1 is 1.22 bits per heavy atom. The molecule has 2 aliphatic rings. The van der Waals surface area contributed by atoms with Crippen molar-refractivity contribution >= 4 is 34.9 Å². The summed E-state index contributed by atoms with van der Waals surface area (Å²) >= 11 is 0. The van der Waals surface area contributed by atoms with Crippen LogP contribution in [0.15, 0.2) is 30.3 Å². The minimum atomic E-state index is -0.611. The summed E-state index contributed by atoms with van der Waals surface area (Å²) in [5.41, 5.74) is 1.91. The van der Waals surface area contributed by atoms with Crippen LogP contribution < -0.4 is 16.0 Å². The molecule has 1 saturated carbocycles. The van der Waals surface area contributed by atoms with Gasteiger partial charge in [-0.25, -0.2) is 5.21 Å². The molecule has 1 aliphatic heterocycles. The first kappa shape index (κ1) is 24.6. The maximum Gasteiger partial charge on any atom is 0.389 e. The fraction of sp³-hybridized carbons (Fsp3) is 0.417. The van der Waals surface area contributed by atoms with Gasteiger partial charge >= 0.3 is 5.69 Å². The molecule has 0 unspecified atom stereocenters. The van der Waals surface area contributed by atoms with Crippen LogP contribution in [-0.4, -0.2) is 80.5 Å². The number of rotatable bonds is 10. The van der Waals surface area contributed by atoms with Crippen LogP contribution in [0.5, 0.6) is 0 Å². The van der Waals surface area contributed by atoms with Crippen LogP contribution in [0.2, 0.25) is 0 Å². The molecular weight excluding hydrogens is 478 g/mol. The highest BCUT2D eigenvalue weighted by Gasteiger charge is 2.34. The molecule has 1 saturated heterocycles. The van der Waals surface area contributed by atoms with Gasteiger partial charge < -0.3 is 20.7 Å². The van der Waals surface area contributed by atoms with Crippen LogP contribution >= 0.6 is 0 Å². The van der Waals surface area contributed by atoms with Crippen molar-refractivity contribution in [2.24, 2.45) is 0 Å². The summed E-state index contributed by atoms with van der Waals surface area (Å²) in [6.07, 6.45) is 2.15. The molecule has 1 aliphatic carbocycles. The number of nitrogens with one attached hydrogen (secondary N) is 4. The Labute approximate surface area is 213 Å².